The zero-order valence-electron chi connectivity index (χ0n) is 20.2. The second-order valence-corrected chi connectivity index (χ2v) is 12.3. The summed E-state index contributed by atoms with van der Waals surface area (Å²) in [5.74, 6) is 4.38. The Balaban J connectivity index is 1.24. The van der Waals surface area contributed by atoms with Crippen molar-refractivity contribution in [3.8, 4) is 0 Å². The molecule has 0 heterocycles. The summed E-state index contributed by atoms with van der Waals surface area (Å²) in [5.41, 5.74) is 1.60. The van der Waals surface area contributed by atoms with E-state index in [2.05, 4.69) is 13.8 Å². The van der Waals surface area contributed by atoms with Crippen molar-refractivity contribution in [2.45, 2.75) is 149 Å². The third kappa shape index (κ3) is 4.92. The van der Waals surface area contributed by atoms with Crippen LogP contribution in [0, 0.1) is 34.5 Å². The Hall–Kier alpha value is 0. The van der Waals surface area contributed by atoms with E-state index in [1.54, 1.807) is 89.9 Å². The van der Waals surface area contributed by atoms with E-state index in [9.17, 15) is 0 Å². The zero-order chi connectivity index (χ0) is 20.2. The molecule has 0 nitrogen and oxygen atoms in total. The van der Waals surface area contributed by atoms with Crippen LogP contribution >= 0.6 is 0 Å². The van der Waals surface area contributed by atoms with Crippen molar-refractivity contribution in [2.75, 3.05) is 0 Å². The summed E-state index contributed by atoms with van der Waals surface area (Å²) < 4.78 is 0. The molecule has 0 atom stereocenters. The van der Waals surface area contributed by atoms with Gasteiger partial charge < -0.3 is 0 Å². The molecule has 5 saturated carbocycles. The predicted molar refractivity (Wildman–Crippen MR) is 127 cm³/mol. The quantitative estimate of drug-likeness (QED) is 0.338. The van der Waals surface area contributed by atoms with E-state index in [4.69, 9.17) is 0 Å². The third-order valence-electron chi connectivity index (χ3n) is 11.0. The molecule has 0 saturated heterocycles. The lowest BCUT2D eigenvalue weighted by Crippen LogP contribution is -2.49. The van der Waals surface area contributed by atoms with Crippen molar-refractivity contribution < 1.29 is 0 Å². The highest BCUT2D eigenvalue weighted by atomic mass is 14.6. The number of rotatable bonds is 9. The molecule has 29 heavy (non-hydrogen) atoms. The summed E-state index contributed by atoms with van der Waals surface area (Å²) in [6.07, 6.45) is 32.6. The maximum Gasteiger partial charge on any atom is -0.0269 e. The van der Waals surface area contributed by atoms with Crippen LogP contribution in [0.1, 0.15) is 149 Å². The summed E-state index contributed by atoms with van der Waals surface area (Å²) in [5, 5.41) is 0. The summed E-state index contributed by atoms with van der Waals surface area (Å²) in [6.45, 7) is 4.71. The molecule has 0 heteroatoms. The average molecular weight is 401 g/mol. The van der Waals surface area contributed by atoms with E-state index in [0.717, 1.165) is 34.5 Å². The van der Waals surface area contributed by atoms with Crippen molar-refractivity contribution in [1.29, 1.82) is 0 Å². The summed E-state index contributed by atoms with van der Waals surface area (Å²) in [7, 11) is 0. The van der Waals surface area contributed by atoms with Gasteiger partial charge in [0.1, 0.15) is 0 Å². The highest BCUT2D eigenvalue weighted by Crippen LogP contribution is 2.66. The smallest absolute Gasteiger partial charge is 0.0269 e. The lowest BCUT2D eigenvalue weighted by molar-refractivity contribution is -0.0960. The lowest BCUT2D eigenvalue weighted by atomic mass is 9.45. The molecule has 5 fully saturated rings. The topological polar surface area (TPSA) is 0 Å². The van der Waals surface area contributed by atoms with Crippen LogP contribution in [0.2, 0.25) is 0 Å². The number of unbranched alkanes of at least 4 members (excludes halogenated alkanes) is 3. The highest BCUT2D eigenvalue weighted by molar-refractivity contribution is 5.05. The van der Waals surface area contributed by atoms with E-state index in [0.29, 0.717) is 0 Å². The van der Waals surface area contributed by atoms with Crippen LogP contribution in [0.3, 0.4) is 0 Å². The number of hydrogen-bond donors (Lipinski definition) is 0. The van der Waals surface area contributed by atoms with Crippen LogP contribution in [-0.2, 0) is 0 Å². The van der Waals surface area contributed by atoms with Crippen LogP contribution in [0.15, 0.2) is 0 Å². The number of hydrogen-bond acceptors (Lipinski definition) is 0. The summed E-state index contributed by atoms with van der Waals surface area (Å²) in [4.78, 5) is 0. The van der Waals surface area contributed by atoms with Gasteiger partial charge >= 0.3 is 0 Å². The fraction of sp³-hybridized carbons (Fsp3) is 1.00. The molecular formula is C29H52. The van der Waals surface area contributed by atoms with Crippen molar-refractivity contribution >= 4 is 0 Å². The minimum Gasteiger partial charge on any atom is -0.0654 e. The molecule has 0 spiro atoms. The molecule has 5 aliphatic rings. The van der Waals surface area contributed by atoms with Gasteiger partial charge in [-0.15, -0.1) is 0 Å². The largest absolute Gasteiger partial charge is 0.0654 e. The Morgan fingerprint density at radius 2 is 0.862 bits per heavy atom. The standard InChI is InChI=1S/C29H52/c1-3-5-7-9-25-12-16-27(17-13-25)29-21-18-28(19-22-29,20-23-29)26-14-10-24(11-15-26)8-6-4-2/h24-27H,3-23H2,1-2H3/t24-,25-,26-,27-,28?,29?. The first-order valence-corrected chi connectivity index (χ1v) is 14.2. The van der Waals surface area contributed by atoms with Crippen molar-refractivity contribution in [3.05, 3.63) is 0 Å². The second kappa shape index (κ2) is 10.1. The predicted octanol–water partition coefficient (Wildman–Crippen LogP) is 9.71. The molecule has 168 valence electrons. The van der Waals surface area contributed by atoms with Gasteiger partial charge in [-0.05, 0) is 98.7 Å². The highest BCUT2D eigenvalue weighted by Gasteiger charge is 2.54. The summed E-state index contributed by atoms with van der Waals surface area (Å²) >= 11 is 0. The van der Waals surface area contributed by atoms with E-state index in [-0.39, 0.29) is 0 Å². The molecule has 0 radical (unpaired) electrons. The SMILES string of the molecule is CCCCC[C@H]1CC[C@H](C23CCC([C@H]4CC[C@H](CCCC)CC4)(CC2)CC3)CC1. The van der Waals surface area contributed by atoms with Crippen molar-refractivity contribution in [1.82, 2.24) is 0 Å². The molecule has 0 unspecified atom stereocenters. The van der Waals surface area contributed by atoms with E-state index in [1.165, 1.54) is 44.9 Å². The minimum atomic E-state index is 0.800. The molecule has 5 rings (SSSR count). The Kier molecular flexibility index (Phi) is 7.72. The van der Waals surface area contributed by atoms with Gasteiger partial charge in [0.05, 0.1) is 0 Å². The van der Waals surface area contributed by atoms with E-state index < -0.39 is 0 Å². The first-order valence-electron chi connectivity index (χ1n) is 14.2. The van der Waals surface area contributed by atoms with Crippen LogP contribution in [0.5, 0.6) is 0 Å². The van der Waals surface area contributed by atoms with Crippen LogP contribution in [-0.4, -0.2) is 0 Å². The van der Waals surface area contributed by atoms with Crippen LogP contribution < -0.4 is 0 Å². The monoisotopic (exact) mass is 400 g/mol. The maximum atomic E-state index is 2.36. The Morgan fingerprint density at radius 3 is 1.24 bits per heavy atom. The second-order valence-electron chi connectivity index (χ2n) is 12.3. The van der Waals surface area contributed by atoms with Gasteiger partial charge in [0.25, 0.3) is 0 Å². The van der Waals surface area contributed by atoms with E-state index in [1.807, 2.05) is 0 Å². The van der Waals surface area contributed by atoms with Crippen LogP contribution in [0.4, 0.5) is 0 Å². The van der Waals surface area contributed by atoms with Gasteiger partial charge in [-0.2, -0.15) is 0 Å². The van der Waals surface area contributed by atoms with Gasteiger partial charge in [0.15, 0.2) is 0 Å². The molecule has 2 bridgehead atoms. The lowest BCUT2D eigenvalue weighted by Gasteiger charge is -2.60. The first-order chi connectivity index (χ1) is 14.2. The van der Waals surface area contributed by atoms with Gasteiger partial charge in [-0.3, -0.25) is 0 Å². The maximum absolute atomic E-state index is 2.36. The fourth-order valence-corrected chi connectivity index (χ4v) is 8.77. The van der Waals surface area contributed by atoms with Crippen LogP contribution in [0.25, 0.3) is 0 Å². The van der Waals surface area contributed by atoms with Gasteiger partial charge in [-0.25, -0.2) is 0 Å². The average Bonchev–Trinajstić information content (AvgIpc) is 2.80. The minimum absolute atomic E-state index is 0.800. The van der Waals surface area contributed by atoms with Gasteiger partial charge in [0.2, 0.25) is 0 Å². The zero-order valence-corrected chi connectivity index (χ0v) is 20.2. The van der Waals surface area contributed by atoms with Crippen molar-refractivity contribution in [3.63, 3.8) is 0 Å². The van der Waals surface area contributed by atoms with Gasteiger partial charge in [-0.1, -0.05) is 84.5 Å². The summed E-state index contributed by atoms with van der Waals surface area (Å²) in [6, 6.07) is 0. The molecule has 0 aromatic carbocycles. The Bertz CT molecular complexity index is 450. The molecule has 0 amide bonds. The molecule has 0 aliphatic heterocycles. The first kappa shape index (κ1) is 22.2. The Labute approximate surface area is 183 Å². The van der Waals surface area contributed by atoms with E-state index >= 15 is 0 Å². The molecule has 0 aromatic rings. The molecular weight excluding hydrogens is 348 g/mol. The third-order valence-corrected chi connectivity index (χ3v) is 11.0. The number of fused-ring (bicyclic) bond motifs is 3. The fourth-order valence-electron chi connectivity index (χ4n) is 8.77. The van der Waals surface area contributed by atoms with Crippen molar-refractivity contribution in [2.24, 2.45) is 34.5 Å². The van der Waals surface area contributed by atoms with Gasteiger partial charge in [0, 0.05) is 0 Å². The Morgan fingerprint density at radius 1 is 0.483 bits per heavy atom. The molecule has 0 aromatic heterocycles. The normalized spacial score (nSPS) is 42.8. The molecule has 0 N–H and O–H groups in total. The molecule has 5 aliphatic carbocycles.